The van der Waals surface area contributed by atoms with Gasteiger partial charge < -0.3 is 15.2 Å². The van der Waals surface area contributed by atoms with Crippen LogP contribution in [0.1, 0.15) is 0 Å². The molecule has 0 aliphatic rings. The fraction of sp³-hybridized carbons (Fsp3) is 0.0476. The van der Waals surface area contributed by atoms with Gasteiger partial charge in [0.2, 0.25) is 5.95 Å². The number of halogens is 1. The lowest BCUT2D eigenvalue weighted by Gasteiger charge is -2.11. The molecular formula is C21H16FN5O2. The predicted molar refractivity (Wildman–Crippen MR) is 106 cm³/mol. The van der Waals surface area contributed by atoms with Crippen molar-refractivity contribution in [3.63, 3.8) is 0 Å². The lowest BCUT2D eigenvalue weighted by molar-refractivity contribution is 0.399. The van der Waals surface area contributed by atoms with Crippen molar-refractivity contribution in [3.8, 4) is 39.8 Å². The van der Waals surface area contributed by atoms with Crippen LogP contribution in [-0.4, -0.2) is 27.0 Å². The highest BCUT2D eigenvalue weighted by atomic mass is 19.1. The fourth-order valence-electron chi connectivity index (χ4n) is 2.75. The summed E-state index contributed by atoms with van der Waals surface area (Å²) in [6.07, 6.45) is 5.99. The van der Waals surface area contributed by atoms with Crippen molar-refractivity contribution in [1.82, 2.24) is 19.9 Å². The third-order valence-electron chi connectivity index (χ3n) is 4.19. The first-order chi connectivity index (χ1) is 14.1. The molecule has 4 aromatic rings. The Hall–Kier alpha value is -4.07. The molecule has 0 saturated carbocycles. The molecule has 0 amide bonds. The number of rotatable bonds is 5. The molecule has 4 rings (SSSR count). The average Bonchev–Trinajstić information content (AvgIpc) is 2.75. The van der Waals surface area contributed by atoms with Gasteiger partial charge in [0, 0.05) is 29.1 Å². The first-order valence-electron chi connectivity index (χ1n) is 8.65. The van der Waals surface area contributed by atoms with Crippen LogP contribution in [0, 0.1) is 5.82 Å². The number of benzene rings is 2. The summed E-state index contributed by atoms with van der Waals surface area (Å²) in [7, 11) is 1.53. The van der Waals surface area contributed by atoms with E-state index in [1.165, 1.54) is 38.0 Å². The maximum Gasteiger partial charge on any atom is 0.322 e. The van der Waals surface area contributed by atoms with Gasteiger partial charge in [-0.1, -0.05) is 30.3 Å². The Bertz CT molecular complexity index is 1130. The van der Waals surface area contributed by atoms with Crippen LogP contribution in [0.25, 0.3) is 22.3 Å². The van der Waals surface area contributed by atoms with Gasteiger partial charge in [-0.3, -0.25) is 0 Å². The summed E-state index contributed by atoms with van der Waals surface area (Å²) in [4.78, 5) is 16.0. The smallest absolute Gasteiger partial charge is 0.322 e. The van der Waals surface area contributed by atoms with Crippen LogP contribution in [0.4, 0.5) is 10.3 Å². The number of methoxy groups -OCH3 is 1. The minimum absolute atomic E-state index is 0.137. The molecule has 0 saturated heterocycles. The van der Waals surface area contributed by atoms with Crippen LogP contribution in [0.2, 0.25) is 0 Å². The Labute approximate surface area is 166 Å². The molecular weight excluding hydrogens is 373 g/mol. The number of para-hydroxylation sites is 1. The van der Waals surface area contributed by atoms with Gasteiger partial charge in [-0.05, 0) is 17.7 Å². The SMILES string of the molecule is COc1cnc(Oc2ccccc2-c2ccc(-c3cnc(N)nc3)c(F)c2)nc1. The highest BCUT2D eigenvalue weighted by molar-refractivity contribution is 5.74. The van der Waals surface area contributed by atoms with Gasteiger partial charge in [-0.25, -0.2) is 14.4 Å². The quantitative estimate of drug-likeness (QED) is 0.548. The van der Waals surface area contributed by atoms with E-state index in [2.05, 4.69) is 19.9 Å². The number of anilines is 1. The maximum absolute atomic E-state index is 14.8. The van der Waals surface area contributed by atoms with E-state index in [1.807, 2.05) is 18.2 Å². The number of ether oxygens (including phenoxy) is 2. The van der Waals surface area contributed by atoms with Gasteiger partial charge in [-0.15, -0.1) is 0 Å². The van der Waals surface area contributed by atoms with Gasteiger partial charge in [0.15, 0.2) is 5.75 Å². The van der Waals surface area contributed by atoms with E-state index < -0.39 is 5.82 Å². The molecule has 0 aliphatic heterocycles. The Morgan fingerprint density at radius 2 is 1.55 bits per heavy atom. The standard InChI is InChI=1S/C21H16FN5O2/c1-28-15-11-26-21(27-12-15)29-19-5-3-2-4-17(19)13-6-7-16(18(22)8-13)14-9-24-20(23)25-10-14/h2-12H,1H3,(H2,23,24,25). The highest BCUT2D eigenvalue weighted by Gasteiger charge is 2.12. The summed E-state index contributed by atoms with van der Waals surface area (Å²) in [5.41, 5.74) is 7.76. The molecule has 0 fully saturated rings. The summed E-state index contributed by atoms with van der Waals surface area (Å²) in [5, 5.41) is 0. The van der Waals surface area contributed by atoms with Crippen LogP contribution in [0.5, 0.6) is 17.5 Å². The number of hydrogen-bond donors (Lipinski definition) is 1. The number of hydrogen-bond acceptors (Lipinski definition) is 7. The molecule has 2 N–H and O–H groups in total. The number of aromatic nitrogens is 4. The zero-order valence-electron chi connectivity index (χ0n) is 15.4. The molecule has 0 bridgehead atoms. The van der Waals surface area contributed by atoms with Gasteiger partial charge in [0.05, 0.1) is 19.5 Å². The van der Waals surface area contributed by atoms with Crippen LogP contribution in [0.3, 0.4) is 0 Å². The zero-order chi connectivity index (χ0) is 20.2. The molecule has 144 valence electrons. The van der Waals surface area contributed by atoms with Crippen molar-refractivity contribution in [2.75, 3.05) is 12.8 Å². The van der Waals surface area contributed by atoms with Crippen molar-refractivity contribution in [3.05, 3.63) is 73.1 Å². The molecule has 0 atom stereocenters. The van der Waals surface area contributed by atoms with Crippen LogP contribution in [-0.2, 0) is 0 Å². The van der Waals surface area contributed by atoms with Crippen LogP contribution >= 0.6 is 0 Å². The minimum atomic E-state index is -0.411. The van der Waals surface area contributed by atoms with Crippen LogP contribution < -0.4 is 15.2 Å². The van der Waals surface area contributed by atoms with E-state index in [4.69, 9.17) is 15.2 Å². The molecule has 0 radical (unpaired) electrons. The van der Waals surface area contributed by atoms with Crippen molar-refractivity contribution < 1.29 is 13.9 Å². The molecule has 0 spiro atoms. The van der Waals surface area contributed by atoms with Gasteiger partial charge in [-0.2, -0.15) is 9.97 Å². The van der Waals surface area contributed by atoms with Gasteiger partial charge in [0.25, 0.3) is 0 Å². The molecule has 0 aliphatic carbocycles. The van der Waals surface area contributed by atoms with E-state index >= 15 is 0 Å². The van der Waals surface area contributed by atoms with E-state index in [1.54, 1.807) is 18.2 Å². The molecule has 29 heavy (non-hydrogen) atoms. The monoisotopic (exact) mass is 389 g/mol. The molecule has 0 unspecified atom stereocenters. The first-order valence-corrected chi connectivity index (χ1v) is 8.65. The Morgan fingerprint density at radius 3 is 2.24 bits per heavy atom. The first kappa shape index (κ1) is 18.3. The maximum atomic E-state index is 14.8. The Kier molecular flexibility index (Phi) is 4.98. The van der Waals surface area contributed by atoms with E-state index in [0.717, 1.165) is 0 Å². The predicted octanol–water partition coefficient (Wildman–Crippen LogP) is 4.12. The van der Waals surface area contributed by atoms with E-state index in [0.29, 0.717) is 33.8 Å². The largest absolute Gasteiger partial charge is 0.494 e. The minimum Gasteiger partial charge on any atom is -0.494 e. The third-order valence-corrected chi connectivity index (χ3v) is 4.19. The molecule has 2 aromatic heterocycles. The van der Waals surface area contributed by atoms with Crippen molar-refractivity contribution >= 4 is 5.95 Å². The molecule has 7 nitrogen and oxygen atoms in total. The fourth-order valence-corrected chi connectivity index (χ4v) is 2.75. The van der Waals surface area contributed by atoms with Crippen molar-refractivity contribution in [1.29, 1.82) is 0 Å². The second-order valence-electron chi connectivity index (χ2n) is 6.03. The molecule has 2 heterocycles. The van der Waals surface area contributed by atoms with Crippen LogP contribution in [0.15, 0.2) is 67.3 Å². The normalized spacial score (nSPS) is 10.6. The second kappa shape index (κ2) is 7.89. The summed E-state index contributed by atoms with van der Waals surface area (Å²) in [5.74, 6) is 0.750. The molecule has 2 aromatic carbocycles. The number of nitrogens with two attached hydrogens (primary N) is 1. The summed E-state index contributed by atoms with van der Waals surface area (Å²) >= 11 is 0. The molecule has 8 heteroatoms. The lowest BCUT2D eigenvalue weighted by atomic mass is 10.0. The summed E-state index contributed by atoms with van der Waals surface area (Å²) < 4.78 is 25.6. The van der Waals surface area contributed by atoms with Crippen molar-refractivity contribution in [2.24, 2.45) is 0 Å². The van der Waals surface area contributed by atoms with E-state index in [9.17, 15) is 4.39 Å². The van der Waals surface area contributed by atoms with Gasteiger partial charge >= 0.3 is 6.01 Å². The topological polar surface area (TPSA) is 96.0 Å². The lowest BCUT2D eigenvalue weighted by Crippen LogP contribution is -1.96. The average molecular weight is 389 g/mol. The highest BCUT2D eigenvalue weighted by Crippen LogP contribution is 2.34. The van der Waals surface area contributed by atoms with Gasteiger partial charge in [0.1, 0.15) is 11.6 Å². The zero-order valence-corrected chi connectivity index (χ0v) is 15.4. The summed E-state index contributed by atoms with van der Waals surface area (Å²) in [6, 6.07) is 12.3. The van der Waals surface area contributed by atoms with E-state index in [-0.39, 0.29) is 12.0 Å². The number of nitrogen functional groups attached to an aromatic ring is 1. The number of nitrogens with zero attached hydrogens (tertiary/aromatic N) is 4. The summed E-state index contributed by atoms with van der Waals surface area (Å²) in [6.45, 7) is 0. The second-order valence-corrected chi connectivity index (χ2v) is 6.03. The Balaban J connectivity index is 1.66. The Morgan fingerprint density at radius 1 is 0.828 bits per heavy atom. The van der Waals surface area contributed by atoms with Crippen molar-refractivity contribution in [2.45, 2.75) is 0 Å². The third kappa shape index (κ3) is 3.96.